The Hall–Kier alpha value is -1.35. The minimum atomic E-state index is -0.148. The smallest absolute Gasteiger partial charge is 0.241 e. The number of nitrogens with one attached hydrogen (secondary N) is 2. The summed E-state index contributed by atoms with van der Waals surface area (Å²) >= 11 is 0. The quantitative estimate of drug-likeness (QED) is 0.789. The maximum atomic E-state index is 11.8. The first-order valence-corrected chi connectivity index (χ1v) is 5.18. The van der Waals surface area contributed by atoms with Crippen LogP contribution in [-0.2, 0) is 4.79 Å². The largest absolute Gasteiger partial charge is 0.325 e. The van der Waals surface area contributed by atoms with Crippen molar-refractivity contribution in [3.63, 3.8) is 0 Å². The molecule has 1 amide bonds. The van der Waals surface area contributed by atoms with Crippen LogP contribution in [0.1, 0.15) is 13.8 Å². The van der Waals surface area contributed by atoms with Crippen LogP contribution < -0.4 is 10.6 Å². The normalized spacial score (nSPS) is 12.5. The summed E-state index contributed by atoms with van der Waals surface area (Å²) in [6.45, 7) is 4.04. The lowest BCUT2D eigenvalue weighted by atomic mass is 10.0. The van der Waals surface area contributed by atoms with Gasteiger partial charge in [-0.2, -0.15) is 0 Å². The third-order valence-corrected chi connectivity index (χ3v) is 2.30. The summed E-state index contributed by atoms with van der Waals surface area (Å²) in [5.41, 5.74) is 0.836. The van der Waals surface area contributed by atoms with Crippen molar-refractivity contribution < 1.29 is 4.79 Å². The van der Waals surface area contributed by atoms with Gasteiger partial charge in [0, 0.05) is 5.69 Å². The fraction of sp³-hybridized carbons (Fsp3) is 0.417. The average Bonchev–Trinajstić information content (AvgIpc) is 2.19. The van der Waals surface area contributed by atoms with Crippen LogP contribution in [0.3, 0.4) is 0 Å². The maximum Gasteiger partial charge on any atom is 0.241 e. The molecule has 1 unspecified atom stereocenters. The van der Waals surface area contributed by atoms with E-state index in [2.05, 4.69) is 10.6 Å². The number of rotatable bonds is 4. The molecule has 3 nitrogen and oxygen atoms in total. The van der Waals surface area contributed by atoms with Crippen molar-refractivity contribution in [3.8, 4) is 0 Å². The standard InChI is InChI=1S/C12H18N2O/c1-9(2)11(13-3)12(15)14-10-7-5-4-6-8-10/h4-9,11,13H,1-3H3,(H,14,15). The van der Waals surface area contributed by atoms with E-state index in [4.69, 9.17) is 0 Å². The van der Waals surface area contributed by atoms with Gasteiger partial charge in [-0.15, -0.1) is 0 Å². The van der Waals surface area contributed by atoms with Crippen LogP contribution in [0.25, 0.3) is 0 Å². The van der Waals surface area contributed by atoms with Crippen molar-refractivity contribution in [1.29, 1.82) is 0 Å². The van der Waals surface area contributed by atoms with Gasteiger partial charge in [0.15, 0.2) is 0 Å². The van der Waals surface area contributed by atoms with Crippen molar-refractivity contribution >= 4 is 11.6 Å². The van der Waals surface area contributed by atoms with Crippen molar-refractivity contribution in [1.82, 2.24) is 5.32 Å². The second-order valence-electron chi connectivity index (χ2n) is 3.87. The molecular weight excluding hydrogens is 188 g/mol. The lowest BCUT2D eigenvalue weighted by Crippen LogP contribution is -2.42. The Morgan fingerprint density at radius 3 is 2.27 bits per heavy atom. The number of anilines is 1. The van der Waals surface area contributed by atoms with Crippen LogP contribution in [0.2, 0.25) is 0 Å². The molecule has 1 aromatic carbocycles. The van der Waals surface area contributed by atoms with Crippen LogP contribution >= 0.6 is 0 Å². The molecule has 0 aromatic heterocycles. The van der Waals surface area contributed by atoms with E-state index < -0.39 is 0 Å². The maximum absolute atomic E-state index is 11.8. The molecule has 0 spiro atoms. The number of carbonyl (C=O) groups is 1. The zero-order valence-electron chi connectivity index (χ0n) is 9.45. The van der Waals surface area contributed by atoms with Gasteiger partial charge < -0.3 is 10.6 Å². The van der Waals surface area contributed by atoms with Gasteiger partial charge in [0.2, 0.25) is 5.91 Å². The van der Waals surface area contributed by atoms with Gasteiger partial charge in [0.1, 0.15) is 0 Å². The molecule has 0 saturated heterocycles. The highest BCUT2D eigenvalue weighted by atomic mass is 16.2. The molecule has 0 aliphatic rings. The minimum Gasteiger partial charge on any atom is -0.325 e. The van der Waals surface area contributed by atoms with E-state index in [9.17, 15) is 4.79 Å². The van der Waals surface area contributed by atoms with Gasteiger partial charge in [-0.1, -0.05) is 32.0 Å². The van der Waals surface area contributed by atoms with Crippen LogP contribution in [0.5, 0.6) is 0 Å². The van der Waals surface area contributed by atoms with E-state index in [1.165, 1.54) is 0 Å². The summed E-state index contributed by atoms with van der Waals surface area (Å²) in [5.74, 6) is 0.289. The molecule has 1 aromatic rings. The number of hydrogen-bond acceptors (Lipinski definition) is 2. The molecule has 2 N–H and O–H groups in total. The Bertz CT molecular complexity index is 309. The SMILES string of the molecule is CNC(C(=O)Nc1ccccc1)C(C)C. The molecule has 0 saturated carbocycles. The number of para-hydroxylation sites is 1. The number of carbonyl (C=O) groups excluding carboxylic acids is 1. The number of hydrogen-bond donors (Lipinski definition) is 2. The fourth-order valence-corrected chi connectivity index (χ4v) is 1.51. The molecular formula is C12H18N2O. The van der Waals surface area contributed by atoms with Crippen molar-refractivity contribution in [3.05, 3.63) is 30.3 Å². The van der Waals surface area contributed by atoms with E-state index in [0.717, 1.165) is 5.69 Å². The summed E-state index contributed by atoms with van der Waals surface area (Å²) in [6.07, 6.45) is 0. The van der Waals surface area contributed by atoms with Gasteiger partial charge in [0.05, 0.1) is 6.04 Å². The van der Waals surface area contributed by atoms with E-state index in [1.54, 1.807) is 7.05 Å². The number of benzene rings is 1. The van der Waals surface area contributed by atoms with Gasteiger partial charge in [-0.3, -0.25) is 4.79 Å². The molecule has 1 rings (SSSR count). The Balaban J connectivity index is 2.62. The summed E-state index contributed by atoms with van der Waals surface area (Å²) in [5, 5.41) is 5.88. The predicted octanol–water partition coefficient (Wildman–Crippen LogP) is 1.87. The lowest BCUT2D eigenvalue weighted by Gasteiger charge is -2.19. The molecule has 15 heavy (non-hydrogen) atoms. The molecule has 0 fully saturated rings. The van der Waals surface area contributed by atoms with E-state index >= 15 is 0 Å². The van der Waals surface area contributed by atoms with Crippen LogP contribution in [0, 0.1) is 5.92 Å². The summed E-state index contributed by atoms with van der Waals surface area (Å²) < 4.78 is 0. The monoisotopic (exact) mass is 206 g/mol. The number of amides is 1. The first-order chi connectivity index (χ1) is 7.15. The fourth-order valence-electron chi connectivity index (χ4n) is 1.51. The molecule has 0 bridgehead atoms. The predicted molar refractivity (Wildman–Crippen MR) is 62.8 cm³/mol. The summed E-state index contributed by atoms with van der Waals surface area (Å²) in [6, 6.07) is 9.34. The van der Waals surface area contributed by atoms with E-state index in [1.807, 2.05) is 44.2 Å². The zero-order valence-corrected chi connectivity index (χ0v) is 9.45. The second kappa shape index (κ2) is 5.51. The molecule has 0 radical (unpaired) electrons. The van der Waals surface area contributed by atoms with Crippen LogP contribution in [0.4, 0.5) is 5.69 Å². The van der Waals surface area contributed by atoms with Crippen LogP contribution in [-0.4, -0.2) is 19.0 Å². The molecule has 82 valence electrons. The summed E-state index contributed by atoms with van der Waals surface area (Å²) in [4.78, 5) is 11.8. The lowest BCUT2D eigenvalue weighted by molar-refractivity contribution is -0.118. The molecule has 3 heteroatoms. The first kappa shape index (κ1) is 11.7. The molecule has 0 heterocycles. The molecule has 1 atom stereocenters. The highest BCUT2D eigenvalue weighted by Gasteiger charge is 2.19. The molecule has 0 aliphatic heterocycles. The zero-order chi connectivity index (χ0) is 11.3. The minimum absolute atomic E-state index is 0.0127. The first-order valence-electron chi connectivity index (χ1n) is 5.18. The van der Waals surface area contributed by atoms with Gasteiger partial charge in [-0.25, -0.2) is 0 Å². The van der Waals surface area contributed by atoms with Crippen molar-refractivity contribution in [2.75, 3.05) is 12.4 Å². The Labute approximate surface area is 90.9 Å². The van der Waals surface area contributed by atoms with Gasteiger partial charge in [0.25, 0.3) is 0 Å². The Morgan fingerprint density at radius 2 is 1.80 bits per heavy atom. The van der Waals surface area contributed by atoms with Crippen LogP contribution in [0.15, 0.2) is 30.3 Å². The second-order valence-corrected chi connectivity index (χ2v) is 3.87. The van der Waals surface area contributed by atoms with Gasteiger partial charge in [-0.05, 0) is 25.1 Å². The topological polar surface area (TPSA) is 41.1 Å². The average molecular weight is 206 g/mol. The third-order valence-electron chi connectivity index (χ3n) is 2.30. The highest BCUT2D eigenvalue weighted by Crippen LogP contribution is 2.08. The Kier molecular flexibility index (Phi) is 4.31. The summed E-state index contributed by atoms with van der Waals surface area (Å²) in [7, 11) is 1.80. The van der Waals surface area contributed by atoms with Gasteiger partial charge >= 0.3 is 0 Å². The Morgan fingerprint density at radius 1 is 1.20 bits per heavy atom. The number of likely N-dealkylation sites (N-methyl/N-ethyl adjacent to an activating group) is 1. The molecule has 0 aliphatic carbocycles. The highest BCUT2D eigenvalue weighted by molar-refractivity contribution is 5.94. The third kappa shape index (κ3) is 3.36. The van der Waals surface area contributed by atoms with Crippen molar-refractivity contribution in [2.24, 2.45) is 5.92 Å². The van der Waals surface area contributed by atoms with E-state index in [-0.39, 0.29) is 17.9 Å². The van der Waals surface area contributed by atoms with Crippen molar-refractivity contribution in [2.45, 2.75) is 19.9 Å². The van der Waals surface area contributed by atoms with E-state index in [0.29, 0.717) is 0 Å².